The predicted octanol–water partition coefficient (Wildman–Crippen LogP) is 2.67. The summed E-state index contributed by atoms with van der Waals surface area (Å²) in [5.74, 6) is -1.24. The Balaban J connectivity index is 2.11. The van der Waals surface area contributed by atoms with Gasteiger partial charge in [-0.25, -0.2) is 4.98 Å². The third-order valence-electron chi connectivity index (χ3n) is 3.07. The van der Waals surface area contributed by atoms with Gasteiger partial charge in [-0.1, -0.05) is 19.1 Å². The summed E-state index contributed by atoms with van der Waals surface area (Å²) in [7, 11) is 0. The van der Waals surface area contributed by atoms with Gasteiger partial charge >= 0.3 is 12.1 Å². The smallest absolute Gasteiger partial charge is 0.348 e. The molecule has 0 saturated heterocycles. The largest absolute Gasteiger partial charge is 0.471 e. The summed E-state index contributed by atoms with van der Waals surface area (Å²) in [5.41, 5.74) is 1.76. The Morgan fingerprint density at radius 3 is 2.71 bits per heavy atom. The summed E-state index contributed by atoms with van der Waals surface area (Å²) in [6, 6.07) is 7.54. The topological polar surface area (TPSA) is 46.9 Å². The molecule has 0 aliphatic carbocycles. The molecular formula is C14H16F3N3O. The van der Waals surface area contributed by atoms with E-state index >= 15 is 0 Å². The highest BCUT2D eigenvalue weighted by Crippen LogP contribution is 2.17. The van der Waals surface area contributed by atoms with Crippen LogP contribution in [0.25, 0.3) is 11.0 Å². The van der Waals surface area contributed by atoms with Crippen molar-refractivity contribution < 1.29 is 18.0 Å². The number of hydrogen-bond acceptors (Lipinski definition) is 2. The van der Waals surface area contributed by atoms with E-state index in [0.29, 0.717) is 5.82 Å². The third kappa shape index (κ3) is 3.53. The molecule has 0 radical (unpaired) electrons. The first-order chi connectivity index (χ1) is 9.93. The number of hydrogen-bond donors (Lipinski definition) is 1. The van der Waals surface area contributed by atoms with Crippen LogP contribution in [0.4, 0.5) is 13.2 Å². The molecule has 0 aliphatic heterocycles. The Labute approximate surface area is 120 Å². The number of fused-ring (bicyclic) bond motifs is 1. The lowest BCUT2D eigenvalue weighted by Gasteiger charge is -2.09. The molecule has 7 heteroatoms. The summed E-state index contributed by atoms with van der Waals surface area (Å²) in [5, 5.41) is 1.87. The zero-order valence-corrected chi connectivity index (χ0v) is 11.6. The van der Waals surface area contributed by atoms with Gasteiger partial charge in [0.25, 0.3) is 0 Å². The minimum atomic E-state index is -4.84. The highest BCUT2D eigenvalue weighted by Gasteiger charge is 2.38. The van der Waals surface area contributed by atoms with Crippen molar-refractivity contribution in [3.63, 3.8) is 0 Å². The fourth-order valence-corrected chi connectivity index (χ4v) is 2.18. The monoisotopic (exact) mass is 299 g/mol. The number of aryl methyl sites for hydroxylation is 1. The molecule has 0 spiro atoms. The van der Waals surface area contributed by atoms with Crippen molar-refractivity contribution >= 4 is 16.9 Å². The normalized spacial score (nSPS) is 11.8. The molecule has 0 saturated carbocycles. The zero-order valence-electron chi connectivity index (χ0n) is 11.6. The SMILES string of the molecule is CCCn1c(CCNC(=O)C(F)(F)F)nc2ccccc21. The van der Waals surface area contributed by atoms with Gasteiger partial charge < -0.3 is 9.88 Å². The number of carbonyl (C=O) groups is 1. The van der Waals surface area contributed by atoms with Gasteiger partial charge in [-0.15, -0.1) is 0 Å². The van der Waals surface area contributed by atoms with Crippen molar-refractivity contribution in [1.82, 2.24) is 14.9 Å². The molecule has 2 aromatic rings. The fourth-order valence-electron chi connectivity index (χ4n) is 2.18. The first kappa shape index (κ1) is 15.3. The summed E-state index contributed by atoms with van der Waals surface area (Å²) in [6.45, 7) is 2.67. The van der Waals surface area contributed by atoms with Crippen LogP contribution in [0.1, 0.15) is 19.2 Å². The number of aromatic nitrogens is 2. The van der Waals surface area contributed by atoms with Crippen LogP contribution in [0.2, 0.25) is 0 Å². The van der Waals surface area contributed by atoms with E-state index in [1.165, 1.54) is 0 Å². The maximum atomic E-state index is 12.1. The summed E-state index contributed by atoms with van der Waals surface area (Å²) in [4.78, 5) is 15.2. The van der Waals surface area contributed by atoms with Gasteiger partial charge in [0.2, 0.25) is 0 Å². The van der Waals surface area contributed by atoms with Gasteiger partial charge in [-0.3, -0.25) is 4.79 Å². The van der Waals surface area contributed by atoms with E-state index in [9.17, 15) is 18.0 Å². The number of amides is 1. The molecule has 1 N–H and O–H groups in total. The molecule has 1 aromatic heterocycles. The Hall–Kier alpha value is -2.05. The molecule has 0 bridgehead atoms. The zero-order chi connectivity index (χ0) is 15.5. The van der Waals surface area contributed by atoms with Crippen LogP contribution in [0, 0.1) is 0 Å². The van der Waals surface area contributed by atoms with Crippen molar-refractivity contribution in [3.8, 4) is 0 Å². The number of para-hydroxylation sites is 2. The number of nitrogens with one attached hydrogen (secondary N) is 1. The van der Waals surface area contributed by atoms with Crippen LogP contribution in [0.15, 0.2) is 24.3 Å². The Morgan fingerprint density at radius 1 is 1.33 bits per heavy atom. The lowest BCUT2D eigenvalue weighted by atomic mass is 10.3. The molecule has 1 heterocycles. The van der Waals surface area contributed by atoms with E-state index in [4.69, 9.17) is 0 Å². The second-order valence-electron chi connectivity index (χ2n) is 4.67. The molecule has 114 valence electrons. The summed E-state index contributed by atoms with van der Waals surface area (Å²) >= 11 is 0. The minimum absolute atomic E-state index is 0.0919. The second kappa shape index (κ2) is 6.15. The van der Waals surface area contributed by atoms with E-state index in [1.807, 2.05) is 41.1 Å². The molecule has 4 nitrogen and oxygen atoms in total. The van der Waals surface area contributed by atoms with Crippen molar-refractivity contribution in [2.45, 2.75) is 32.5 Å². The van der Waals surface area contributed by atoms with Gasteiger partial charge in [0.1, 0.15) is 5.82 Å². The fraction of sp³-hybridized carbons (Fsp3) is 0.429. The number of imidazole rings is 1. The van der Waals surface area contributed by atoms with E-state index in [-0.39, 0.29) is 13.0 Å². The lowest BCUT2D eigenvalue weighted by molar-refractivity contribution is -0.173. The van der Waals surface area contributed by atoms with E-state index < -0.39 is 12.1 Å². The number of nitrogens with zero attached hydrogens (tertiary/aromatic N) is 2. The highest BCUT2D eigenvalue weighted by atomic mass is 19.4. The highest BCUT2D eigenvalue weighted by molar-refractivity contribution is 5.81. The van der Waals surface area contributed by atoms with Gasteiger partial charge in [-0.05, 0) is 18.6 Å². The van der Waals surface area contributed by atoms with Crippen molar-refractivity contribution in [2.75, 3.05) is 6.54 Å². The van der Waals surface area contributed by atoms with Gasteiger partial charge in [-0.2, -0.15) is 13.2 Å². The maximum Gasteiger partial charge on any atom is 0.471 e. The Bertz CT molecular complexity index is 634. The second-order valence-corrected chi connectivity index (χ2v) is 4.67. The number of alkyl halides is 3. The molecular weight excluding hydrogens is 283 g/mol. The van der Waals surface area contributed by atoms with Crippen LogP contribution in [-0.4, -0.2) is 28.2 Å². The number of carbonyl (C=O) groups excluding carboxylic acids is 1. The van der Waals surface area contributed by atoms with Gasteiger partial charge in [0.05, 0.1) is 11.0 Å². The van der Waals surface area contributed by atoms with Gasteiger partial charge in [0.15, 0.2) is 0 Å². The predicted molar refractivity (Wildman–Crippen MR) is 72.8 cm³/mol. The van der Waals surface area contributed by atoms with Crippen LogP contribution in [0.3, 0.4) is 0 Å². The molecule has 1 amide bonds. The average molecular weight is 299 g/mol. The van der Waals surface area contributed by atoms with Gasteiger partial charge in [0, 0.05) is 19.5 Å². The lowest BCUT2D eigenvalue weighted by Crippen LogP contribution is -2.38. The maximum absolute atomic E-state index is 12.1. The third-order valence-corrected chi connectivity index (χ3v) is 3.07. The standard InChI is InChI=1S/C14H16F3N3O/c1-2-9-20-11-6-4-3-5-10(11)19-12(20)7-8-18-13(21)14(15,16)17/h3-6H,2,7-9H2,1H3,(H,18,21). The minimum Gasteiger partial charge on any atom is -0.348 e. The van der Waals surface area contributed by atoms with E-state index in [1.54, 1.807) is 0 Å². The quantitative estimate of drug-likeness (QED) is 0.922. The molecule has 2 rings (SSSR count). The molecule has 21 heavy (non-hydrogen) atoms. The molecule has 1 aromatic carbocycles. The van der Waals surface area contributed by atoms with E-state index in [2.05, 4.69) is 4.98 Å². The van der Waals surface area contributed by atoms with Crippen LogP contribution >= 0.6 is 0 Å². The molecule has 0 atom stereocenters. The first-order valence-electron chi connectivity index (χ1n) is 6.72. The van der Waals surface area contributed by atoms with Crippen LogP contribution < -0.4 is 5.32 Å². The molecule has 0 fully saturated rings. The summed E-state index contributed by atoms with van der Waals surface area (Å²) < 4.78 is 38.3. The van der Waals surface area contributed by atoms with Crippen molar-refractivity contribution in [1.29, 1.82) is 0 Å². The van der Waals surface area contributed by atoms with Crippen molar-refractivity contribution in [3.05, 3.63) is 30.1 Å². The molecule has 0 unspecified atom stereocenters. The average Bonchev–Trinajstić information content (AvgIpc) is 2.76. The van der Waals surface area contributed by atoms with Crippen LogP contribution in [-0.2, 0) is 17.8 Å². The Morgan fingerprint density at radius 2 is 2.05 bits per heavy atom. The first-order valence-corrected chi connectivity index (χ1v) is 6.72. The van der Waals surface area contributed by atoms with E-state index in [0.717, 1.165) is 24.0 Å². The van der Waals surface area contributed by atoms with Crippen LogP contribution in [0.5, 0.6) is 0 Å². The van der Waals surface area contributed by atoms with Crippen molar-refractivity contribution in [2.24, 2.45) is 0 Å². The number of benzene rings is 1. The Kier molecular flexibility index (Phi) is 4.50. The summed E-state index contributed by atoms with van der Waals surface area (Å²) in [6.07, 6.45) is -3.69. The molecule has 0 aliphatic rings. The number of halogens is 3. The number of rotatable bonds is 5.